The van der Waals surface area contributed by atoms with Crippen molar-refractivity contribution in [1.82, 2.24) is 10.3 Å². The first-order chi connectivity index (χ1) is 7.25. The van der Waals surface area contributed by atoms with Gasteiger partial charge in [-0.2, -0.15) is 0 Å². The van der Waals surface area contributed by atoms with Gasteiger partial charge in [0.15, 0.2) is 0 Å². The number of halogens is 1. The lowest BCUT2D eigenvalue weighted by atomic mass is 9.89. The van der Waals surface area contributed by atoms with Crippen LogP contribution in [0.15, 0.2) is 18.3 Å². The summed E-state index contributed by atoms with van der Waals surface area (Å²) in [5.74, 6) is 0.816. The van der Waals surface area contributed by atoms with Gasteiger partial charge in [0.1, 0.15) is 5.15 Å². The van der Waals surface area contributed by atoms with Crippen molar-refractivity contribution in [1.29, 1.82) is 0 Å². The lowest BCUT2D eigenvalue weighted by Crippen LogP contribution is -2.50. The van der Waals surface area contributed by atoms with E-state index in [1.807, 2.05) is 13.1 Å². The van der Waals surface area contributed by atoms with Crippen LogP contribution in [0.1, 0.15) is 17.5 Å². The third kappa shape index (κ3) is 1.40. The highest BCUT2D eigenvalue weighted by atomic mass is 35.5. The maximum Gasteiger partial charge on any atom is 0.131 e. The summed E-state index contributed by atoms with van der Waals surface area (Å²) in [6, 6.07) is 2.69. The van der Waals surface area contributed by atoms with Gasteiger partial charge in [0.2, 0.25) is 0 Å². The predicted octanol–water partition coefficient (Wildman–Crippen LogP) is 2.42. The van der Waals surface area contributed by atoms with Crippen LogP contribution in [0.5, 0.6) is 0 Å². The zero-order valence-electron chi connectivity index (χ0n) is 8.63. The van der Waals surface area contributed by atoms with Crippen molar-refractivity contribution in [3.8, 4) is 0 Å². The lowest BCUT2D eigenvalue weighted by molar-refractivity contribution is 0.307. The van der Waals surface area contributed by atoms with E-state index in [1.165, 1.54) is 17.6 Å². The van der Waals surface area contributed by atoms with E-state index >= 15 is 0 Å². The summed E-state index contributed by atoms with van der Waals surface area (Å²) in [6.45, 7) is 3.16. The molecule has 2 heterocycles. The molecule has 1 aromatic heterocycles. The number of hydrogen-bond donors (Lipinski definition) is 1. The van der Waals surface area contributed by atoms with E-state index in [-0.39, 0.29) is 0 Å². The number of fused-ring (bicyclic) bond motifs is 1. The number of aromatic nitrogens is 1. The first kappa shape index (κ1) is 9.37. The minimum Gasteiger partial charge on any atom is -0.309 e. The van der Waals surface area contributed by atoms with Crippen molar-refractivity contribution in [2.75, 3.05) is 6.54 Å². The molecular formula is C12H13ClN2. The Morgan fingerprint density at radius 1 is 1.53 bits per heavy atom. The smallest absolute Gasteiger partial charge is 0.131 e. The Labute approximate surface area is 94.4 Å². The highest BCUT2D eigenvalue weighted by Gasteiger charge is 2.37. The molecule has 1 N–H and O–H groups in total. The standard InChI is InChI=1S/C12H13ClN2/c1-7-4-9(6-15-12(7)13)10-3-2-8-5-14-11(8)10/h3-4,6,8,11,14H,2,5H2,1H3. The highest BCUT2D eigenvalue weighted by molar-refractivity contribution is 6.30. The molecule has 1 aromatic rings. The number of nitrogens with one attached hydrogen (secondary N) is 1. The van der Waals surface area contributed by atoms with Gasteiger partial charge in [0.05, 0.1) is 0 Å². The van der Waals surface area contributed by atoms with E-state index < -0.39 is 0 Å². The molecule has 2 nitrogen and oxygen atoms in total. The van der Waals surface area contributed by atoms with Crippen molar-refractivity contribution in [2.24, 2.45) is 5.92 Å². The van der Waals surface area contributed by atoms with Crippen molar-refractivity contribution in [3.05, 3.63) is 34.6 Å². The average Bonchev–Trinajstić information content (AvgIpc) is 2.46. The maximum absolute atomic E-state index is 5.92. The summed E-state index contributed by atoms with van der Waals surface area (Å²) in [5.41, 5.74) is 3.67. The molecule has 3 heteroatoms. The third-order valence-corrected chi connectivity index (χ3v) is 3.79. The van der Waals surface area contributed by atoms with Crippen LogP contribution >= 0.6 is 11.6 Å². The van der Waals surface area contributed by atoms with E-state index in [1.54, 1.807) is 0 Å². The molecular weight excluding hydrogens is 208 g/mol. The molecule has 0 radical (unpaired) electrons. The molecule has 1 aliphatic heterocycles. The first-order valence-electron chi connectivity index (χ1n) is 5.31. The lowest BCUT2D eigenvalue weighted by Gasteiger charge is -2.34. The summed E-state index contributed by atoms with van der Waals surface area (Å²) in [4.78, 5) is 4.20. The molecule has 0 saturated carbocycles. The van der Waals surface area contributed by atoms with Gasteiger partial charge in [-0.15, -0.1) is 0 Å². The monoisotopic (exact) mass is 220 g/mol. The minimum absolute atomic E-state index is 0.562. The molecule has 0 spiro atoms. The molecule has 1 fully saturated rings. The topological polar surface area (TPSA) is 24.9 Å². The van der Waals surface area contributed by atoms with Crippen molar-refractivity contribution >= 4 is 17.2 Å². The second-order valence-electron chi connectivity index (χ2n) is 4.37. The van der Waals surface area contributed by atoms with Gasteiger partial charge >= 0.3 is 0 Å². The van der Waals surface area contributed by atoms with Crippen LogP contribution in [0, 0.1) is 12.8 Å². The Morgan fingerprint density at radius 2 is 2.40 bits per heavy atom. The first-order valence-corrected chi connectivity index (χ1v) is 5.69. The van der Waals surface area contributed by atoms with Crippen molar-refractivity contribution in [3.63, 3.8) is 0 Å². The summed E-state index contributed by atoms with van der Waals surface area (Å²) in [6.07, 6.45) is 5.41. The van der Waals surface area contributed by atoms with Gasteiger partial charge in [-0.1, -0.05) is 17.7 Å². The number of rotatable bonds is 1. The summed E-state index contributed by atoms with van der Waals surface area (Å²) in [7, 11) is 0. The van der Waals surface area contributed by atoms with Crippen LogP contribution in [0.25, 0.3) is 5.57 Å². The van der Waals surface area contributed by atoms with E-state index in [0.717, 1.165) is 18.0 Å². The molecule has 0 bridgehead atoms. The van der Waals surface area contributed by atoms with Gasteiger partial charge in [0, 0.05) is 18.8 Å². The zero-order valence-corrected chi connectivity index (χ0v) is 9.38. The minimum atomic E-state index is 0.562. The summed E-state index contributed by atoms with van der Waals surface area (Å²) < 4.78 is 0. The normalized spacial score (nSPS) is 28.3. The maximum atomic E-state index is 5.92. The quantitative estimate of drug-likeness (QED) is 0.736. The fourth-order valence-electron chi connectivity index (χ4n) is 2.40. The summed E-state index contributed by atoms with van der Waals surface area (Å²) in [5, 5.41) is 4.07. The number of aryl methyl sites for hydroxylation is 1. The van der Waals surface area contributed by atoms with Crippen LogP contribution in [0.3, 0.4) is 0 Å². The van der Waals surface area contributed by atoms with Gasteiger partial charge in [0.25, 0.3) is 0 Å². The number of hydrogen-bond acceptors (Lipinski definition) is 2. The molecule has 15 heavy (non-hydrogen) atoms. The molecule has 2 aliphatic rings. The Morgan fingerprint density at radius 3 is 3.00 bits per heavy atom. The van der Waals surface area contributed by atoms with Crippen LogP contribution in [-0.2, 0) is 0 Å². The molecule has 78 valence electrons. The third-order valence-electron chi connectivity index (χ3n) is 3.39. The van der Waals surface area contributed by atoms with Crippen LogP contribution < -0.4 is 5.32 Å². The number of pyridine rings is 1. The molecule has 1 saturated heterocycles. The number of allylic oxidation sites excluding steroid dienone is 1. The van der Waals surface area contributed by atoms with Gasteiger partial charge in [-0.05, 0) is 42.0 Å². The average molecular weight is 221 g/mol. The fourth-order valence-corrected chi connectivity index (χ4v) is 2.51. The number of nitrogens with zero attached hydrogens (tertiary/aromatic N) is 1. The molecule has 0 aromatic carbocycles. The van der Waals surface area contributed by atoms with Gasteiger partial charge < -0.3 is 5.32 Å². The fraction of sp³-hybridized carbons (Fsp3) is 0.417. The van der Waals surface area contributed by atoms with Crippen LogP contribution in [0.2, 0.25) is 5.15 Å². The van der Waals surface area contributed by atoms with E-state index in [9.17, 15) is 0 Å². The zero-order chi connectivity index (χ0) is 10.4. The van der Waals surface area contributed by atoms with Crippen molar-refractivity contribution in [2.45, 2.75) is 19.4 Å². The van der Waals surface area contributed by atoms with E-state index in [0.29, 0.717) is 11.2 Å². The van der Waals surface area contributed by atoms with E-state index in [4.69, 9.17) is 11.6 Å². The Balaban J connectivity index is 1.96. The predicted molar refractivity (Wildman–Crippen MR) is 61.9 cm³/mol. The van der Waals surface area contributed by atoms with Gasteiger partial charge in [-0.25, -0.2) is 4.98 Å². The molecule has 2 atom stereocenters. The largest absolute Gasteiger partial charge is 0.309 e. The van der Waals surface area contributed by atoms with Crippen LogP contribution in [-0.4, -0.2) is 17.6 Å². The second-order valence-corrected chi connectivity index (χ2v) is 4.73. The van der Waals surface area contributed by atoms with Crippen LogP contribution in [0.4, 0.5) is 0 Å². The molecule has 2 unspecified atom stereocenters. The van der Waals surface area contributed by atoms with E-state index in [2.05, 4.69) is 22.4 Å². The molecule has 1 aliphatic carbocycles. The molecule has 3 rings (SSSR count). The van der Waals surface area contributed by atoms with Crippen molar-refractivity contribution < 1.29 is 0 Å². The Kier molecular flexibility index (Phi) is 2.08. The Bertz CT molecular complexity index is 439. The Hall–Kier alpha value is -0.860. The summed E-state index contributed by atoms with van der Waals surface area (Å²) >= 11 is 5.92. The molecule has 0 amide bonds. The SMILES string of the molecule is Cc1cc(C2=CCC3CNC23)cnc1Cl. The highest BCUT2D eigenvalue weighted by Crippen LogP contribution is 2.37. The van der Waals surface area contributed by atoms with Gasteiger partial charge in [-0.3, -0.25) is 0 Å². The second kappa shape index (κ2) is 3.32.